The Bertz CT molecular complexity index is 538. The molecule has 0 amide bonds. The fraction of sp³-hybridized carbons (Fsp3) is 0.636. The summed E-state index contributed by atoms with van der Waals surface area (Å²) in [6.07, 6.45) is 3.86. The lowest BCUT2D eigenvalue weighted by molar-refractivity contribution is 0.226. The standard InChI is InChI=1S/C11H15Br2NO3S2/c12-10-7-9(11(13)18-10)19(16,17)14(5-6-15)8-3-1-2-4-8/h7-8,15H,1-6H2. The molecule has 0 spiro atoms. The van der Waals surface area contributed by atoms with E-state index in [-0.39, 0.29) is 24.1 Å². The topological polar surface area (TPSA) is 57.6 Å². The van der Waals surface area contributed by atoms with Crippen LogP contribution in [0.3, 0.4) is 0 Å². The van der Waals surface area contributed by atoms with E-state index in [9.17, 15) is 8.42 Å². The molecule has 1 aromatic heterocycles. The lowest BCUT2D eigenvalue weighted by Crippen LogP contribution is -2.40. The smallest absolute Gasteiger partial charge is 0.245 e. The highest BCUT2D eigenvalue weighted by Crippen LogP contribution is 2.38. The van der Waals surface area contributed by atoms with Crippen LogP contribution in [0.2, 0.25) is 0 Å². The summed E-state index contributed by atoms with van der Waals surface area (Å²) < 4.78 is 28.3. The number of rotatable bonds is 5. The molecule has 0 aromatic carbocycles. The number of nitrogens with zero attached hydrogens (tertiary/aromatic N) is 1. The summed E-state index contributed by atoms with van der Waals surface area (Å²) in [4.78, 5) is 0.282. The number of hydrogen-bond acceptors (Lipinski definition) is 4. The molecule has 2 rings (SSSR count). The van der Waals surface area contributed by atoms with Crippen LogP contribution in [-0.4, -0.2) is 37.0 Å². The van der Waals surface area contributed by atoms with Gasteiger partial charge in [0.2, 0.25) is 10.0 Å². The van der Waals surface area contributed by atoms with E-state index in [2.05, 4.69) is 31.9 Å². The molecule has 19 heavy (non-hydrogen) atoms. The van der Waals surface area contributed by atoms with Crippen molar-refractivity contribution in [3.63, 3.8) is 0 Å². The lowest BCUT2D eigenvalue weighted by Gasteiger charge is -2.27. The van der Waals surface area contributed by atoms with E-state index in [1.54, 1.807) is 6.07 Å². The maximum Gasteiger partial charge on any atom is 0.245 e. The third-order valence-electron chi connectivity index (χ3n) is 3.26. The van der Waals surface area contributed by atoms with Crippen LogP contribution in [0.5, 0.6) is 0 Å². The predicted octanol–water partition coefficient (Wildman–Crippen LogP) is 3.20. The van der Waals surface area contributed by atoms with Crippen molar-refractivity contribution in [2.45, 2.75) is 36.6 Å². The minimum absolute atomic E-state index is 0.0164. The number of thiophene rings is 1. The molecule has 0 unspecified atom stereocenters. The summed E-state index contributed by atoms with van der Waals surface area (Å²) in [6.45, 7) is 0.00552. The van der Waals surface area contributed by atoms with E-state index in [0.29, 0.717) is 3.79 Å². The van der Waals surface area contributed by atoms with Gasteiger partial charge in [-0.3, -0.25) is 0 Å². The SMILES string of the molecule is O=S(=O)(c1cc(Br)sc1Br)N(CCO)C1CCCC1. The van der Waals surface area contributed by atoms with Gasteiger partial charge in [-0.25, -0.2) is 8.42 Å². The normalized spacial score (nSPS) is 17.5. The Balaban J connectivity index is 2.36. The van der Waals surface area contributed by atoms with Crippen LogP contribution in [0.1, 0.15) is 25.7 Å². The van der Waals surface area contributed by atoms with E-state index < -0.39 is 10.0 Å². The summed E-state index contributed by atoms with van der Waals surface area (Å²) in [5, 5.41) is 9.16. The van der Waals surface area contributed by atoms with Gasteiger partial charge < -0.3 is 5.11 Å². The zero-order chi connectivity index (χ0) is 14.0. The maximum absolute atomic E-state index is 12.7. The molecule has 0 aliphatic heterocycles. The second kappa shape index (κ2) is 6.53. The average Bonchev–Trinajstić information content (AvgIpc) is 2.95. The molecule has 0 atom stereocenters. The fourth-order valence-corrected chi connectivity index (χ4v) is 7.86. The first-order chi connectivity index (χ1) is 8.96. The van der Waals surface area contributed by atoms with Gasteiger partial charge in [-0.05, 0) is 50.8 Å². The fourth-order valence-electron chi connectivity index (χ4n) is 2.42. The van der Waals surface area contributed by atoms with E-state index in [1.807, 2.05) is 0 Å². The van der Waals surface area contributed by atoms with Crippen molar-refractivity contribution in [2.24, 2.45) is 0 Å². The Morgan fingerprint density at radius 1 is 1.37 bits per heavy atom. The van der Waals surface area contributed by atoms with Crippen molar-refractivity contribution in [1.82, 2.24) is 4.31 Å². The zero-order valence-electron chi connectivity index (χ0n) is 10.2. The van der Waals surface area contributed by atoms with Gasteiger partial charge in [0.1, 0.15) is 4.90 Å². The van der Waals surface area contributed by atoms with E-state index >= 15 is 0 Å². The van der Waals surface area contributed by atoms with Crippen LogP contribution < -0.4 is 0 Å². The molecule has 8 heteroatoms. The van der Waals surface area contributed by atoms with Crippen molar-refractivity contribution in [2.75, 3.05) is 13.2 Å². The van der Waals surface area contributed by atoms with Gasteiger partial charge in [0.15, 0.2) is 0 Å². The summed E-state index contributed by atoms with van der Waals surface area (Å²) >= 11 is 7.94. The highest BCUT2D eigenvalue weighted by molar-refractivity contribution is 9.12. The van der Waals surface area contributed by atoms with Crippen molar-refractivity contribution in [3.8, 4) is 0 Å². The first kappa shape index (κ1) is 15.9. The molecule has 4 nitrogen and oxygen atoms in total. The lowest BCUT2D eigenvalue weighted by atomic mass is 10.2. The summed E-state index contributed by atoms with van der Waals surface area (Å²) in [5.41, 5.74) is 0. The van der Waals surface area contributed by atoms with Crippen LogP contribution in [0.25, 0.3) is 0 Å². The highest BCUT2D eigenvalue weighted by Gasteiger charge is 2.34. The van der Waals surface area contributed by atoms with Crippen molar-refractivity contribution in [3.05, 3.63) is 13.6 Å². The van der Waals surface area contributed by atoms with Crippen molar-refractivity contribution < 1.29 is 13.5 Å². The van der Waals surface area contributed by atoms with Gasteiger partial charge in [-0.2, -0.15) is 4.31 Å². The number of hydrogen-bond donors (Lipinski definition) is 1. The molecular weight excluding hydrogens is 418 g/mol. The Morgan fingerprint density at radius 3 is 2.47 bits per heavy atom. The molecule has 1 aliphatic carbocycles. The van der Waals surface area contributed by atoms with Crippen LogP contribution in [0, 0.1) is 0 Å². The predicted molar refractivity (Wildman–Crippen MR) is 83.0 cm³/mol. The van der Waals surface area contributed by atoms with Crippen molar-refractivity contribution in [1.29, 1.82) is 0 Å². The molecular formula is C11H15Br2NO3S2. The molecule has 108 valence electrons. The maximum atomic E-state index is 12.7. The van der Waals surface area contributed by atoms with E-state index in [4.69, 9.17) is 5.11 Å². The van der Waals surface area contributed by atoms with Gasteiger partial charge in [0, 0.05) is 12.6 Å². The number of halogens is 2. The molecule has 1 aromatic rings. The van der Waals surface area contributed by atoms with Gasteiger partial charge in [-0.1, -0.05) is 12.8 Å². The van der Waals surface area contributed by atoms with Crippen LogP contribution >= 0.6 is 43.2 Å². The molecule has 1 saturated carbocycles. The Morgan fingerprint density at radius 2 is 2.00 bits per heavy atom. The van der Waals surface area contributed by atoms with Crippen LogP contribution in [0.15, 0.2) is 18.5 Å². The molecule has 1 heterocycles. The first-order valence-electron chi connectivity index (χ1n) is 6.04. The second-order valence-electron chi connectivity index (χ2n) is 4.47. The molecule has 1 N–H and O–H groups in total. The molecule has 1 aliphatic rings. The minimum Gasteiger partial charge on any atom is -0.395 e. The van der Waals surface area contributed by atoms with Gasteiger partial charge in [0.05, 0.1) is 14.2 Å². The third kappa shape index (κ3) is 3.41. The Hall–Kier alpha value is 0.530. The van der Waals surface area contributed by atoms with E-state index in [0.717, 1.165) is 29.5 Å². The number of aliphatic hydroxyl groups excluding tert-OH is 1. The largest absolute Gasteiger partial charge is 0.395 e. The number of sulfonamides is 1. The highest BCUT2D eigenvalue weighted by atomic mass is 79.9. The third-order valence-corrected chi connectivity index (χ3v) is 7.97. The minimum atomic E-state index is -3.55. The molecule has 0 saturated heterocycles. The molecule has 0 bridgehead atoms. The second-order valence-corrected chi connectivity index (χ2v) is 10.1. The Kier molecular flexibility index (Phi) is 5.47. The van der Waals surface area contributed by atoms with Gasteiger partial charge in [-0.15, -0.1) is 11.3 Å². The summed E-state index contributed by atoms with van der Waals surface area (Å²) in [6, 6.07) is 1.63. The summed E-state index contributed by atoms with van der Waals surface area (Å²) in [5.74, 6) is 0. The van der Waals surface area contributed by atoms with E-state index in [1.165, 1.54) is 15.6 Å². The molecule has 0 radical (unpaired) electrons. The summed E-state index contributed by atoms with van der Waals surface area (Å²) in [7, 11) is -3.55. The zero-order valence-corrected chi connectivity index (χ0v) is 15.0. The van der Waals surface area contributed by atoms with Crippen molar-refractivity contribution >= 4 is 53.2 Å². The monoisotopic (exact) mass is 431 g/mol. The van der Waals surface area contributed by atoms with Crippen LogP contribution in [-0.2, 0) is 10.0 Å². The molecule has 1 fully saturated rings. The first-order valence-corrected chi connectivity index (χ1v) is 9.88. The Labute approximate surface area is 134 Å². The van der Waals surface area contributed by atoms with Crippen LogP contribution in [0.4, 0.5) is 0 Å². The van der Waals surface area contributed by atoms with Gasteiger partial charge in [0.25, 0.3) is 0 Å². The number of aliphatic hydroxyl groups is 1. The quantitative estimate of drug-likeness (QED) is 0.777. The van der Waals surface area contributed by atoms with Gasteiger partial charge >= 0.3 is 0 Å². The average molecular weight is 433 g/mol.